The fraction of sp³-hybridized carbons (Fsp3) is 0.353. The molecule has 0 spiro atoms. The molecule has 0 unspecified atom stereocenters. The van der Waals surface area contributed by atoms with Gasteiger partial charge in [-0.15, -0.1) is 0 Å². The van der Waals surface area contributed by atoms with Gasteiger partial charge in [0.2, 0.25) is 5.88 Å². The Morgan fingerprint density at radius 2 is 1.90 bits per heavy atom. The molecule has 1 aromatic carbocycles. The van der Waals surface area contributed by atoms with E-state index in [0.29, 0.717) is 17.5 Å². The van der Waals surface area contributed by atoms with E-state index in [1.165, 1.54) is 6.07 Å². The second-order valence-corrected chi connectivity index (χ2v) is 5.31. The minimum atomic E-state index is -0.257. The molecule has 21 heavy (non-hydrogen) atoms. The first-order valence-electron chi connectivity index (χ1n) is 7.12. The summed E-state index contributed by atoms with van der Waals surface area (Å²) in [6.45, 7) is 7.13. The second-order valence-electron chi connectivity index (χ2n) is 5.31. The van der Waals surface area contributed by atoms with E-state index < -0.39 is 0 Å². The predicted octanol–water partition coefficient (Wildman–Crippen LogP) is 3.61. The lowest BCUT2D eigenvalue weighted by molar-refractivity contribution is 0.287. The van der Waals surface area contributed by atoms with Gasteiger partial charge in [-0.3, -0.25) is 0 Å². The van der Waals surface area contributed by atoms with Gasteiger partial charge >= 0.3 is 0 Å². The Labute approximate surface area is 125 Å². The van der Waals surface area contributed by atoms with Crippen molar-refractivity contribution in [2.24, 2.45) is 0 Å². The van der Waals surface area contributed by atoms with Crippen LogP contribution in [0.1, 0.15) is 30.7 Å². The van der Waals surface area contributed by atoms with E-state index in [1.807, 2.05) is 19.1 Å². The number of benzene rings is 1. The zero-order valence-corrected chi connectivity index (χ0v) is 12.7. The minimum Gasteiger partial charge on any atom is -0.473 e. The molecule has 0 aliphatic heterocycles. The van der Waals surface area contributed by atoms with Crippen molar-refractivity contribution in [3.05, 3.63) is 59.0 Å². The van der Waals surface area contributed by atoms with Crippen LogP contribution in [0.3, 0.4) is 0 Å². The van der Waals surface area contributed by atoms with Crippen LogP contribution in [0.15, 0.2) is 36.4 Å². The smallest absolute Gasteiger partial charge is 0.213 e. The Kier molecular flexibility index (Phi) is 5.28. The number of aromatic nitrogens is 1. The van der Waals surface area contributed by atoms with Crippen LogP contribution in [0.2, 0.25) is 0 Å². The molecule has 112 valence electrons. The Morgan fingerprint density at radius 1 is 1.14 bits per heavy atom. The number of rotatable bonds is 6. The summed E-state index contributed by atoms with van der Waals surface area (Å²) in [7, 11) is 0. The molecule has 4 heteroatoms. The van der Waals surface area contributed by atoms with Gasteiger partial charge in [0.25, 0.3) is 0 Å². The third kappa shape index (κ3) is 4.53. The second kappa shape index (κ2) is 7.18. The molecule has 0 atom stereocenters. The lowest BCUT2D eigenvalue weighted by Gasteiger charge is -2.12. The molecule has 0 saturated carbocycles. The van der Waals surface area contributed by atoms with Crippen molar-refractivity contribution in [2.75, 3.05) is 0 Å². The minimum absolute atomic E-state index is 0.183. The Morgan fingerprint density at radius 3 is 2.57 bits per heavy atom. The van der Waals surface area contributed by atoms with Crippen molar-refractivity contribution in [1.82, 2.24) is 10.3 Å². The Hall–Kier alpha value is -1.94. The molecule has 0 aliphatic carbocycles. The quantitative estimate of drug-likeness (QED) is 0.881. The zero-order chi connectivity index (χ0) is 15.2. The Balaban J connectivity index is 1.99. The summed E-state index contributed by atoms with van der Waals surface area (Å²) >= 11 is 0. The Bertz CT molecular complexity index is 599. The first kappa shape index (κ1) is 15.4. The number of pyridine rings is 1. The number of halogens is 1. The summed E-state index contributed by atoms with van der Waals surface area (Å²) in [5.74, 6) is 0.260. The summed E-state index contributed by atoms with van der Waals surface area (Å²) < 4.78 is 19.1. The molecule has 3 nitrogen and oxygen atoms in total. The SMILES string of the molecule is Cc1nc(OCc2ccccc2F)ccc1CNC(C)C. The van der Waals surface area contributed by atoms with Gasteiger partial charge in [0.1, 0.15) is 12.4 Å². The molecule has 1 aromatic heterocycles. The van der Waals surface area contributed by atoms with Crippen LogP contribution in [0, 0.1) is 12.7 Å². The molecule has 0 amide bonds. The summed E-state index contributed by atoms with van der Waals surface area (Å²) in [5, 5.41) is 3.36. The average molecular weight is 288 g/mol. The normalized spacial score (nSPS) is 10.9. The van der Waals surface area contributed by atoms with Gasteiger partial charge < -0.3 is 10.1 Å². The zero-order valence-electron chi connectivity index (χ0n) is 12.7. The topological polar surface area (TPSA) is 34.1 Å². The lowest BCUT2D eigenvalue weighted by atomic mass is 10.2. The van der Waals surface area contributed by atoms with Crippen LogP contribution in [0.5, 0.6) is 5.88 Å². The molecular formula is C17H21FN2O. The van der Waals surface area contributed by atoms with Crippen LogP contribution in [-0.4, -0.2) is 11.0 Å². The molecule has 1 heterocycles. The maximum Gasteiger partial charge on any atom is 0.213 e. The molecule has 0 aliphatic rings. The molecule has 2 aromatic rings. The van der Waals surface area contributed by atoms with Gasteiger partial charge in [-0.25, -0.2) is 9.37 Å². The van der Waals surface area contributed by atoms with Crippen LogP contribution >= 0.6 is 0 Å². The van der Waals surface area contributed by atoms with Crippen LogP contribution < -0.4 is 10.1 Å². The summed E-state index contributed by atoms with van der Waals surface area (Å²) in [6.07, 6.45) is 0. The van der Waals surface area contributed by atoms with E-state index in [4.69, 9.17) is 4.74 Å². The summed E-state index contributed by atoms with van der Waals surface area (Å²) in [4.78, 5) is 4.41. The van der Waals surface area contributed by atoms with Crippen molar-refractivity contribution >= 4 is 0 Å². The highest BCUT2D eigenvalue weighted by molar-refractivity contribution is 5.25. The van der Waals surface area contributed by atoms with E-state index >= 15 is 0 Å². The first-order valence-corrected chi connectivity index (χ1v) is 7.12. The van der Waals surface area contributed by atoms with E-state index in [1.54, 1.807) is 18.2 Å². The van der Waals surface area contributed by atoms with Gasteiger partial charge in [0.05, 0.1) is 0 Å². The van der Waals surface area contributed by atoms with Gasteiger partial charge in [-0.1, -0.05) is 38.1 Å². The highest BCUT2D eigenvalue weighted by Crippen LogP contribution is 2.15. The van der Waals surface area contributed by atoms with Crippen molar-refractivity contribution in [1.29, 1.82) is 0 Å². The number of hydrogen-bond donors (Lipinski definition) is 1. The molecule has 0 bridgehead atoms. The predicted molar refractivity (Wildman–Crippen MR) is 81.7 cm³/mol. The average Bonchev–Trinajstić information content (AvgIpc) is 2.45. The monoisotopic (exact) mass is 288 g/mol. The fourth-order valence-electron chi connectivity index (χ4n) is 1.92. The van der Waals surface area contributed by atoms with Gasteiger partial charge in [-0.2, -0.15) is 0 Å². The number of ether oxygens (including phenoxy) is 1. The third-order valence-corrected chi connectivity index (χ3v) is 3.20. The van der Waals surface area contributed by atoms with Crippen molar-refractivity contribution in [3.8, 4) is 5.88 Å². The highest BCUT2D eigenvalue weighted by atomic mass is 19.1. The molecule has 0 saturated heterocycles. The largest absolute Gasteiger partial charge is 0.473 e. The first-order chi connectivity index (χ1) is 10.1. The molecule has 2 rings (SSSR count). The van der Waals surface area contributed by atoms with Crippen LogP contribution in [0.25, 0.3) is 0 Å². The molecular weight excluding hydrogens is 267 g/mol. The standard InChI is InChI=1S/C17H21FN2O/c1-12(2)19-10-14-8-9-17(20-13(14)3)21-11-15-6-4-5-7-16(15)18/h4-9,12,19H,10-11H2,1-3H3. The number of nitrogens with one attached hydrogen (secondary N) is 1. The van der Waals surface area contributed by atoms with E-state index in [0.717, 1.165) is 17.8 Å². The van der Waals surface area contributed by atoms with Crippen molar-refractivity contribution in [2.45, 2.75) is 40.0 Å². The molecule has 1 N–H and O–H groups in total. The van der Waals surface area contributed by atoms with Crippen LogP contribution in [0.4, 0.5) is 4.39 Å². The number of hydrogen-bond acceptors (Lipinski definition) is 3. The van der Waals surface area contributed by atoms with Gasteiger partial charge in [0, 0.05) is 29.9 Å². The van der Waals surface area contributed by atoms with Gasteiger partial charge in [-0.05, 0) is 18.6 Å². The van der Waals surface area contributed by atoms with E-state index in [2.05, 4.69) is 24.1 Å². The number of nitrogens with zero attached hydrogens (tertiary/aromatic N) is 1. The molecule has 0 fully saturated rings. The fourth-order valence-corrected chi connectivity index (χ4v) is 1.92. The number of aryl methyl sites for hydroxylation is 1. The third-order valence-electron chi connectivity index (χ3n) is 3.20. The lowest BCUT2D eigenvalue weighted by Crippen LogP contribution is -2.22. The van der Waals surface area contributed by atoms with Crippen molar-refractivity contribution in [3.63, 3.8) is 0 Å². The summed E-state index contributed by atoms with van der Waals surface area (Å²) in [5.41, 5.74) is 2.60. The maximum absolute atomic E-state index is 13.5. The van der Waals surface area contributed by atoms with E-state index in [-0.39, 0.29) is 12.4 Å². The summed E-state index contributed by atoms with van der Waals surface area (Å²) in [6, 6.07) is 10.8. The van der Waals surface area contributed by atoms with E-state index in [9.17, 15) is 4.39 Å². The van der Waals surface area contributed by atoms with Crippen molar-refractivity contribution < 1.29 is 9.13 Å². The van der Waals surface area contributed by atoms with Gasteiger partial charge in [0.15, 0.2) is 0 Å². The van der Waals surface area contributed by atoms with Crippen LogP contribution in [-0.2, 0) is 13.2 Å². The maximum atomic E-state index is 13.5. The highest BCUT2D eigenvalue weighted by Gasteiger charge is 2.05. The molecule has 0 radical (unpaired) electrons.